The number of aromatic hydroxyl groups is 1. The van der Waals surface area contributed by atoms with E-state index in [1.807, 2.05) is 0 Å². The molecule has 1 saturated carbocycles. The van der Waals surface area contributed by atoms with Crippen LogP contribution < -0.4 is 20.1 Å². The van der Waals surface area contributed by atoms with Crippen LogP contribution in [0.1, 0.15) is 34.5 Å². The van der Waals surface area contributed by atoms with Crippen LogP contribution in [0.5, 0.6) is 23.0 Å². The van der Waals surface area contributed by atoms with Crippen LogP contribution in [0.2, 0.25) is 0 Å². The molecule has 0 atom stereocenters. The lowest BCUT2D eigenvalue weighted by Crippen LogP contribution is -2.48. The van der Waals surface area contributed by atoms with Gasteiger partial charge in [-0.25, -0.2) is 0 Å². The van der Waals surface area contributed by atoms with Gasteiger partial charge in [-0.15, -0.1) is 0 Å². The Morgan fingerprint density at radius 1 is 1.08 bits per heavy atom. The molecule has 3 N–H and O–H groups in total. The number of hydrogen-bond donors (Lipinski definition) is 3. The van der Waals surface area contributed by atoms with E-state index in [1.54, 1.807) is 0 Å². The molecule has 36 heavy (non-hydrogen) atoms. The number of methoxy groups -OCH3 is 1. The molecule has 1 aliphatic rings. The number of amides is 2. The van der Waals surface area contributed by atoms with Crippen LogP contribution in [0.15, 0.2) is 60.8 Å². The van der Waals surface area contributed by atoms with Crippen molar-refractivity contribution in [3.05, 3.63) is 77.6 Å². The first-order chi connectivity index (χ1) is 17.1. The van der Waals surface area contributed by atoms with Gasteiger partial charge in [0.1, 0.15) is 34.1 Å². The Hall–Kier alpha value is -4.28. The molecule has 0 saturated heterocycles. The fourth-order valence-electron chi connectivity index (χ4n) is 3.46. The fourth-order valence-corrected chi connectivity index (χ4v) is 3.46. The Morgan fingerprint density at radius 2 is 1.83 bits per heavy atom. The summed E-state index contributed by atoms with van der Waals surface area (Å²) in [5.41, 5.74) is -1.34. The zero-order valence-electron chi connectivity index (χ0n) is 19.1. The van der Waals surface area contributed by atoms with E-state index in [9.17, 15) is 27.9 Å². The highest BCUT2D eigenvalue weighted by Gasteiger charge is 2.51. The summed E-state index contributed by atoms with van der Waals surface area (Å²) in [5.74, 6) is -1.19. The van der Waals surface area contributed by atoms with Crippen molar-refractivity contribution < 1.29 is 37.3 Å². The number of phenolic OH excluding ortho intramolecular Hbond substituents is 1. The van der Waals surface area contributed by atoms with Gasteiger partial charge in [0.05, 0.1) is 25.5 Å². The molecular formula is C25H22F3N3O5. The number of pyridine rings is 1. The molecule has 4 rings (SSSR count). The predicted octanol–water partition coefficient (Wildman–Crippen LogP) is 4.19. The lowest BCUT2D eigenvalue weighted by molar-refractivity contribution is -0.138. The lowest BCUT2D eigenvalue weighted by atomic mass is 10.1. The van der Waals surface area contributed by atoms with Crippen LogP contribution in [-0.4, -0.2) is 34.6 Å². The zero-order chi connectivity index (χ0) is 25.9. The minimum atomic E-state index is -4.64. The van der Waals surface area contributed by atoms with Crippen molar-refractivity contribution in [2.45, 2.75) is 31.1 Å². The van der Waals surface area contributed by atoms with E-state index >= 15 is 0 Å². The Morgan fingerprint density at radius 3 is 2.44 bits per heavy atom. The third-order valence-electron chi connectivity index (χ3n) is 5.59. The summed E-state index contributed by atoms with van der Waals surface area (Å²) in [5, 5.41) is 15.0. The van der Waals surface area contributed by atoms with Crippen molar-refractivity contribution in [1.29, 1.82) is 0 Å². The highest BCUT2D eigenvalue weighted by atomic mass is 19.4. The van der Waals surface area contributed by atoms with Crippen LogP contribution in [0, 0.1) is 0 Å². The number of nitrogens with one attached hydrogen (secondary N) is 2. The lowest BCUT2D eigenvalue weighted by Gasteiger charge is -2.17. The van der Waals surface area contributed by atoms with Crippen molar-refractivity contribution in [3.63, 3.8) is 0 Å². The number of carbonyl (C=O) groups is 2. The number of benzene rings is 2. The maximum absolute atomic E-state index is 13.4. The Labute approximate surface area is 204 Å². The smallest absolute Gasteiger partial charge is 0.420 e. The molecular weight excluding hydrogens is 479 g/mol. The molecule has 1 heterocycles. The van der Waals surface area contributed by atoms with E-state index in [0.717, 1.165) is 12.1 Å². The van der Waals surface area contributed by atoms with Gasteiger partial charge in [-0.05, 0) is 61.4 Å². The van der Waals surface area contributed by atoms with Crippen molar-refractivity contribution in [2.75, 3.05) is 7.11 Å². The van der Waals surface area contributed by atoms with Crippen molar-refractivity contribution in [3.8, 4) is 23.0 Å². The van der Waals surface area contributed by atoms with Gasteiger partial charge in [0, 0.05) is 5.56 Å². The molecule has 0 spiro atoms. The quantitative estimate of drug-likeness (QED) is 0.427. The minimum Gasteiger partial charge on any atom is -0.508 e. The van der Waals surface area contributed by atoms with Gasteiger partial charge in [-0.1, -0.05) is 6.07 Å². The fraction of sp³-hybridized carbons (Fsp3) is 0.240. The monoisotopic (exact) mass is 501 g/mol. The summed E-state index contributed by atoms with van der Waals surface area (Å²) >= 11 is 0. The molecule has 188 valence electrons. The SMILES string of the molecule is COc1ccc(Oc2ccc(CNC(=O)C3(NC(=O)c4cccc(O)c4)CC3)nc2)c(C(F)(F)F)c1. The van der Waals surface area contributed by atoms with Gasteiger partial charge in [-0.2, -0.15) is 13.2 Å². The highest BCUT2D eigenvalue weighted by Crippen LogP contribution is 2.40. The number of halogens is 3. The second kappa shape index (κ2) is 9.76. The van der Waals surface area contributed by atoms with Gasteiger partial charge >= 0.3 is 6.18 Å². The Bertz CT molecular complexity index is 1270. The molecule has 3 aromatic rings. The van der Waals surface area contributed by atoms with Crippen molar-refractivity contribution in [2.24, 2.45) is 0 Å². The summed E-state index contributed by atoms with van der Waals surface area (Å²) in [4.78, 5) is 29.2. The molecule has 0 radical (unpaired) electrons. The normalized spacial score (nSPS) is 14.0. The van der Waals surface area contributed by atoms with Gasteiger partial charge in [-0.3, -0.25) is 14.6 Å². The second-order valence-electron chi connectivity index (χ2n) is 8.22. The number of nitrogens with zero attached hydrogens (tertiary/aromatic N) is 1. The third kappa shape index (κ3) is 5.68. The van der Waals surface area contributed by atoms with E-state index in [1.165, 1.54) is 55.8 Å². The number of carbonyl (C=O) groups excluding carboxylic acids is 2. The van der Waals surface area contributed by atoms with E-state index in [0.29, 0.717) is 18.5 Å². The van der Waals surface area contributed by atoms with Crippen LogP contribution >= 0.6 is 0 Å². The highest BCUT2D eigenvalue weighted by molar-refractivity contribution is 6.00. The average Bonchev–Trinajstić information content (AvgIpc) is 3.63. The Balaban J connectivity index is 1.36. The first-order valence-electron chi connectivity index (χ1n) is 10.9. The van der Waals surface area contributed by atoms with Gasteiger partial charge in [0.25, 0.3) is 5.91 Å². The van der Waals surface area contributed by atoms with E-state index < -0.39 is 28.9 Å². The molecule has 1 aliphatic carbocycles. The summed E-state index contributed by atoms with van der Waals surface area (Å²) in [7, 11) is 1.27. The Kier molecular flexibility index (Phi) is 6.73. The van der Waals surface area contributed by atoms with Gasteiger partial charge in [0.15, 0.2) is 0 Å². The standard InChI is InChI=1S/C25H22F3N3O5/c1-35-18-7-8-21(20(12-18)25(26,27)28)36-19-6-5-16(29-14-19)13-30-23(34)24(9-10-24)31-22(33)15-3-2-4-17(32)11-15/h2-8,11-12,14,32H,9-10,13H2,1H3,(H,30,34)(H,31,33). The average molecular weight is 501 g/mol. The van der Waals surface area contributed by atoms with Crippen LogP contribution in [0.25, 0.3) is 0 Å². The van der Waals surface area contributed by atoms with E-state index in [4.69, 9.17) is 9.47 Å². The number of rotatable bonds is 8. The minimum absolute atomic E-state index is 0.0409. The molecule has 0 unspecified atom stereocenters. The molecule has 2 amide bonds. The number of aromatic nitrogens is 1. The molecule has 2 aromatic carbocycles. The third-order valence-corrected chi connectivity index (χ3v) is 5.59. The molecule has 0 bridgehead atoms. The van der Waals surface area contributed by atoms with Crippen LogP contribution in [0.4, 0.5) is 13.2 Å². The topological polar surface area (TPSA) is 110 Å². The van der Waals surface area contributed by atoms with Crippen molar-refractivity contribution in [1.82, 2.24) is 15.6 Å². The molecule has 1 fully saturated rings. The van der Waals surface area contributed by atoms with Gasteiger partial charge < -0.3 is 25.2 Å². The first-order valence-corrected chi connectivity index (χ1v) is 10.9. The number of alkyl halides is 3. The largest absolute Gasteiger partial charge is 0.508 e. The number of hydrogen-bond acceptors (Lipinski definition) is 6. The number of ether oxygens (including phenoxy) is 2. The molecule has 8 nitrogen and oxygen atoms in total. The first kappa shape index (κ1) is 24.8. The summed E-state index contributed by atoms with van der Waals surface area (Å²) < 4.78 is 50.4. The summed E-state index contributed by atoms with van der Waals surface area (Å²) in [6, 6.07) is 12.1. The summed E-state index contributed by atoms with van der Waals surface area (Å²) in [6.07, 6.45) is -2.46. The zero-order valence-corrected chi connectivity index (χ0v) is 19.1. The second-order valence-corrected chi connectivity index (χ2v) is 8.22. The molecule has 11 heteroatoms. The maximum Gasteiger partial charge on any atom is 0.420 e. The van der Waals surface area contributed by atoms with E-state index in [2.05, 4.69) is 15.6 Å². The summed E-state index contributed by atoms with van der Waals surface area (Å²) in [6.45, 7) is 0.0409. The predicted molar refractivity (Wildman–Crippen MR) is 122 cm³/mol. The van der Waals surface area contributed by atoms with Crippen LogP contribution in [0.3, 0.4) is 0 Å². The van der Waals surface area contributed by atoms with Crippen molar-refractivity contribution >= 4 is 11.8 Å². The van der Waals surface area contributed by atoms with Crippen LogP contribution in [-0.2, 0) is 17.5 Å². The van der Waals surface area contributed by atoms with Gasteiger partial charge in [0.2, 0.25) is 5.91 Å². The molecule has 0 aliphatic heterocycles. The van der Waals surface area contributed by atoms with E-state index in [-0.39, 0.29) is 35.3 Å². The molecule has 1 aromatic heterocycles. The maximum atomic E-state index is 13.4. The number of phenols is 1.